The summed E-state index contributed by atoms with van der Waals surface area (Å²) in [6.45, 7) is 5.95. The second-order valence-corrected chi connectivity index (χ2v) is 10.9. The molecule has 1 saturated heterocycles. The standard InChI is InChI=1S/C31H37N9O3/c1-3-34-28(42)22-9-11-25-20(16-22)7-8-21-17-23(29(43)35-4-2)10-12-26(21)31(25,30-36-38-39-37-30)13-14-33-19-27(41)40-15-5-6-24(40)18-32/h9-12,16-17,24,33H,3-8,13-15,19H2,1-2H3,(H,34,42)(H,35,43)(H,36,37,38,39)/t24-/m0/s1. The third kappa shape index (κ3) is 5.85. The molecule has 43 heavy (non-hydrogen) atoms. The van der Waals surface area contributed by atoms with E-state index in [0.717, 1.165) is 28.7 Å². The van der Waals surface area contributed by atoms with E-state index in [4.69, 9.17) is 0 Å². The Balaban J connectivity index is 1.55. The number of aryl methyl sites for hydroxylation is 2. The zero-order chi connectivity index (χ0) is 30.4. The number of likely N-dealkylation sites (tertiary alicyclic amines) is 1. The van der Waals surface area contributed by atoms with Crippen LogP contribution in [0, 0.1) is 11.3 Å². The smallest absolute Gasteiger partial charge is 0.251 e. The maximum atomic E-state index is 12.9. The van der Waals surface area contributed by atoms with Gasteiger partial charge in [-0.2, -0.15) is 5.26 Å². The lowest BCUT2D eigenvalue weighted by molar-refractivity contribution is -0.130. The monoisotopic (exact) mass is 583 g/mol. The number of amides is 3. The van der Waals surface area contributed by atoms with Gasteiger partial charge < -0.3 is 20.9 Å². The Labute approximate surface area is 250 Å². The number of hydrogen-bond acceptors (Lipinski definition) is 8. The van der Waals surface area contributed by atoms with E-state index in [1.807, 2.05) is 50.2 Å². The first-order chi connectivity index (χ1) is 20.9. The zero-order valence-corrected chi connectivity index (χ0v) is 24.6. The summed E-state index contributed by atoms with van der Waals surface area (Å²) in [5.74, 6) is 0.149. The molecular weight excluding hydrogens is 546 g/mol. The Morgan fingerprint density at radius 3 is 2.19 bits per heavy atom. The van der Waals surface area contributed by atoms with Crippen LogP contribution in [-0.2, 0) is 23.1 Å². The van der Waals surface area contributed by atoms with E-state index in [1.54, 1.807) is 4.90 Å². The summed E-state index contributed by atoms with van der Waals surface area (Å²) < 4.78 is 0. The van der Waals surface area contributed by atoms with E-state index >= 15 is 0 Å². The van der Waals surface area contributed by atoms with Gasteiger partial charge in [-0.3, -0.25) is 14.4 Å². The normalized spacial score (nSPS) is 16.9. The molecule has 1 aliphatic heterocycles. The molecule has 0 bridgehead atoms. The largest absolute Gasteiger partial charge is 0.352 e. The summed E-state index contributed by atoms with van der Waals surface area (Å²) in [5.41, 5.74) is 4.17. The number of nitriles is 1. The Kier molecular flexibility index (Phi) is 9.11. The van der Waals surface area contributed by atoms with E-state index in [-0.39, 0.29) is 30.3 Å². The number of rotatable bonds is 10. The minimum absolute atomic E-state index is 0.0979. The highest BCUT2D eigenvalue weighted by Crippen LogP contribution is 2.46. The number of aromatic nitrogens is 4. The van der Waals surface area contributed by atoms with Crippen LogP contribution in [0.2, 0.25) is 0 Å². The van der Waals surface area contributed by atoms with Gasteiger partial charge in [0.1, 0.15) is 6.04 Å². The lowest BCUT2D eigenvalue weighted by Crippen LogP contribution is -2.42. The molecule has 2 aliphatic rings. The minimum atomic E-state index is -0.858. The van der Waals surface area contributed by atoms with Crippen LogP contribution in [0.1, 0.15) is 81.9 Å². The van der Waals surface area contributed by atoms with Crippen LogP contribution in [-0.4, -0.2) is 82.0 Å². The maximum Gasteiger partial charge on any atom is 0.251 e. The first-order valence-corrected chi connectivity index (χ1v) is 14.9. The highest BCUT2D eigenvalue weighted by Gasteiger charge is 2.44. The van der Waals surface area contributed by atoms with Gasteiger partial charge in [0.05, 0.1) is 18.0 Å². The molecule has 12 nitrogen and oxygen atoms in total. The third-order valence-corrected chi connectivity index (χ3v) is 8.42. The van der Waals surface area contributed by atoms with Gasteiger partial charge in [-0.15, -0.1) is 5.10 Å². The number of H-pyrrole nitrogens is 1. The van der Waals surface area contributed by atoms with E-state index in [0.29, 0.717) is 68.8 Å². The topological polar surface area (TPSA) is 169 Å². The number of aromatic amines is 1. The molecule has 5 rings (SSSR count). The number of hydrogen-bond donors (Lipinski definition) is 4. The van der Waals surface area contributed by atoms with Crippen molar-refractivity contribution in [1.82, 2.24) is 41.5 Å². The minimum Gasteiger partial charge on any atom is -0.352 e. The second kappa shape index (κ2) is 13.1. The molecule has 2 heterocycles. The van der Waals surface area contributed by atoms with Gasteiger partial charge in [0.2, 0.25) is 5.91 Å². The van der Waals surface area contributed by atoms with E-state index in [9.17, 15) is 19.6 Å². The summed E-state index contributed by atoms with van der Waals surface area (Å²) in [6.07, 6.45) is 3.31. The predicted octanol–water partition coefficient (Wildman–Crippen LogP) is 1.63. The van der Waals surface area contributed by atoms with Crippen LogP contribution in [0.4, 0.5) is 0 Å². The Morgan fingerprint density at radius 2 is 1.65 bits per heavy atom. The molecule has 1 fully saturated rings. The SMILES string of the molecule is CCNC(=O)c1ccc2c(c1)CCc1cc(C(=O)NCC)ccc1C2(CCNCC(=O)N1CCC[C@H]1C#N)c1nnn[nH]1. The summed E-state index contributed by atoms with van der Waals surface area (Å²) in [5, 5.41) is 33.7. The van der Waals surface area contributed by atoms with Crippen LogP contribution in [0.3, 0.4) is 0 Å². The molecule has 0 saturated carbocycles. The molecule has 0 spiro atoms. The lowest BCUT2D eigenvalue weighted by atomic mass is 9.69. The van der Waals surface area contributed by atoms with Crippen LogP contribution >= 0.6 is 0 Å². The van der Waals surface area contributed by atoms with Crippen LogP contribution < -0.4 is 16.0 Å². The van der Waals surface area contributed by atoms with Crippen LogP contribution in [0.25, 0.3) is 0 Å². The predicted molar refractivity (Wildman–Crippen MR) is 158 cm³/mol. The summed E-state index contributed by atoms with van der Waals surface area (Å²) >= 11 is 0. The maximum absolute atomic E-state index is 12.9. The highest BCUT2D eigenvalue weighted by molar-refractivity contribution is 5.95. The molecular formula is C31H37N9O3. The van der Waals surface area contributed by atoms with Crippen molar-refractivity contribution in [2.45, 2.75) is 57.4 Å². The molecule has 4 N–H and O–H groups in total. The fourth-order valence-corrected chi connectivity index (χ4v) is 6.41. The summed E-state index contributed by atoms with van der Waals surface area (Å²) in [4.78, 5) is 40.1. The quantitative estimate of drug-likeness (QED) is 0.261. The first-order valence-electron chi connectivity index (χ1n) is 14.9. The van der Waals surface area contributed by atoms with Gasteiger partial charge in [-0.1, -0.05) is 12.1 Å². The van der Waals surface area contributed by atoms with Gasteiger partial charge in [-0.05, 0) is 109 Å². The van der Waals surface area contributed by atoms with Crippen molar-refractivity contribution in [2.75, 3.05) is 32.7 Å². The summed E-state index contributed by atoms with van der Waals surface area (Å²) in [7, 11) is 0. The van der Waals surface area contributed by atoms with Crippen molar-refractivity contribution in [3.05, 3.63) is 75.6 Å². The number of nitrogens with one attached hydrogen (secondary N) is 4. The van der Waals surface area contributed by atoms with E-state index in [1.165, 1.54) is 0 Å². The lowest BCUT2D eigenvalue weighted by Gasteiger charge is -2.34. The zero-order valence-electron chi connectivity index (χ0n) is 24.6. The van der Waals surface area contributed by atoms with Crippen molar-refractivity contribution in [2.24, 2.45) is 0 Å². The van der Waals surface area contributed by atoms with Gasteiger partial charge in [0.15, 0.2) is 5.82 Å². The second-order valence-electron chi connectivity index (χ2n) is 10.9. The molecule has 224 valence electrons. The van der Waals surface area contributed by atoms with Gasteiger partial charge in [0.25, 0.3) is 11.8 Å². The van der Waals surface area contributed by atoms with Gasteiger partial charge in [0, 0.05) is 30.8 Å². The molecule has 0 radical (unpaired) electrons. The number of carbonyl (C=O) groups is 3. The molecule has 0 unspecified atom stereocenters. The molecule has 1 aliphatic carbocycles. The number of benzene rings is 2. The molecule has 3 aromatic rings. The molecule has 3 amide bonds. The van der Waals surface area contributed by atoms with Crippen molar-refractivity contribution in [3.8, 4) is 6.07 Å². The van der Waals surface area contributed by atoms with E-state index < -0.39 is 5.41 Å². The van der Waals surface area contributed by atoms with Gasteiger partial charge in [-0.25, -0.2) is 5.10 Å². The van der Waals surface area contributed by atoms with Crippen molar-refractivity contribution >= 4 is 17.7 Å². The van der Waals surface area contributed by atoms with Crippen molar-refractivity contribution < 1.29 is 14.4 Å². The fraction of sp³-hybridized carbons (Fsp3) is 0.452. The number of fused-ring (bicyclic) bond motifs is 2. The Bertz CT molecular complexity index is 1460. The average Bonchev–Trinajstić information content (AvgIpc) is 3.71. The molecule has 1 aromatic heterocycles. The Hall–Kier alpha value is -4.63. The van der Waals surface area contributed by atoms with E-state index in [2.05, 4.69) is 42.6 Å². The van der Waals surface area contributed by atoms with Crippen molar-refractivity contribution in [1.29, 1.82) is 5.26 Å². The Morgan fingerprint density at radius 1 is 1.02 bits per heavy atom. The number of nitrogens with zero attached hydrogens (tertiary/aromatic N) is 5. The van der Waals surface area contributed by atoms with Gasteiger partial charge >= 0.3 is 0 Å². The fourth-order valence-electron chi connectivity index (χ4n) is 6.41. The van der Waals surface area contributed by atoms with Crippen molar-refractivity contribution in [3.63, 3.8) is 0 Å². The summed E-state index contributed by atoms with van der Waals surface area (Å²) in [6, 6.07) is 13.3. The average molecular weight is 584 g/mol. The van der Waals surface area contributed by atoms with Crippen LogP contribution in [0.5, 0.6) is 0 Å². The molecule has 2 aromatic carbocycles. The number of carbonyl (C=O) groups excluding carboxylic acids is 3. The first kappa shape index (κ1) is 29.8. The van der Waals surface area contributed by atoms with Crippen LogP contribution in [0.15, 0.2) is 36.4 Å². The molecule has 1 atom stereocenters. The third-order valence-electron chi connectivity index (χ3n) is 8.42. The highest BCUT2D eigenvalue weighted by atomic mass is 16.2. The number of tetrazole rings is 1. The molecule has 12 heteroatoms.